The van der Waals surface area contributed by atoms with Crippen molar-refractivity contribution in [3.05, 3.63) is 18.7 Å². The Morgan fingerprint density at radius 3 is 2.61 bits per heavy atom. The average Bonchev–Trinajstić information content (AvgIpc) is 2.82. The van der Waals surface area contributed by atoms with Crippen molar-refractivity contribution < 1.29 is 41.8 Å². The van der Waals surface area contributed by atoms with Crippen molar-refractivity contribution in [3.8, 4) is 0 Å². The number of imidazole rings is 1. The largest absolute Gasteiger partial charge is 1.00 e. The topological polar surface area (TPSA) is 63.3 Å². The van der Waals surface area contributed by atoms with Crippen molar-refractivity contribution in [2.45, 2.75) is 12.5 Å². The number of carbonyl (C=O) groups is 1. The standard InChI is InChI=1S/C10H16N3O3S.HI/c1-11-4-5-13(8-11)10(14)12(2)9-3-6-17(15,16)7-9;/h4-5,8-9H,3,6-7H2,1-2H3;1H/q+1;/p-1. The second kappa shape index (κ2) is 5.55. The molecule has 0 saturated carbocycles. The van der Waals surface area contributed by atoms with Crippen molar-refractivity contribution in [2.24, 2.45) is 7.05 Å². The number of halogens is 1. The highest BCUT2D eigenvalue weighted by Crippen LogP contribution is 2.17. The van der Waals surface area contributed by atoms with Crippen LogP contribution in [0.5, 0.6) is 0 Å². The van der Waals surface area contributed by atoms with Crippen LogP contribution >= 0.6 is 0 Å². The smallest absolute Gasteiger partial charge is 0.415 e. The van der Waals surface area contributed by atoms with Gasteiger partial charge in [-0.05, 0) is 6.42 Å². The van der Waals surface area contributed by atoms with Crippen LogP contribution in [-0.2, 0) is 16.9 Å². The summed E-state index contributed by atoms with van der Waals surface area (Å²) >= 11 is 0. The molecule has 6 nitrogen and oxygen atoms in total. The van der Waals surface area contributed by atoms with Gasteiger partial charge in [0.25, 0.3) is 6.33 Å². The van der Waals surface area contributed by atoms with E-state index in [4.69, 9.17) is 0 Å². The summed E-state index contributed by atoms with van der Waals surface area (Å²) in [5, 5.41) is 0. The van der Waals surface area contributed by atoms with Gasteiger partial charge in [0.05, 0.1) is 24.6 Å². The number of sulfone groups is 1. The Hall–Kier alpha value is -0.640. The molecule has 1 atom stereocenters. The molecule has 0 aromatic carbocycles. The summed E-state index contributed by atoms with van der Waals surface area (Å²) in [5.41, 5.74) is 0. The molecule has 1 aliphatic heterocycles. The summed E-state index contributed by atoms with van der Waals surface area (Å²) in [4.78, 5) is 13.5. The molecule has 8 heteroatoms. The van der Waals surface area contributed by atoms with Crippen LogP contribution in [0.2, 0.25) is 0 Å². The van der Waals surface area contributed by atoms with Gasteiger partial charge in [0.2, 0.25) is 0 Å². The zero-order valence-electron chi connectivity index (χ0n) is 10.3. The van der Waals surface area contributed by atoms with Gasteiger partial charge in [-0.15, -0.1) is 0 Å². The number of rotatable bonds is 1. The first-order chi connectivity index (χ1) is 7.89. The third-order valence-corrected chi connectivity index (χ3v) is 4.80. The number of aromatic nitrogens is 2. The van der Waals surface area contributed by atoms with E-state index in [2.05, 4.69) is 0 Å². The van der Waals surface area contributed by atoms with E-state index in [0.29, 0.717) is 6.42 Å². The first-order valence-electron chi connectivity index (χ1n) is 5.40. The Bertz CT molecular complexity index is 540. The Morgan fingerprint density at radius 1 is 1.50 bits per heavy atom. The highest BCUT2D eigenvalue weighted by molar-refractivity contribution is 7.91. The second-order valence-electron chi connectivity index (χ2n) is 4.44. The summed E-state index contributed by atoms with van der Waals surface area (Å²) in [6, 6.07) is -0.409. The van der Waals surface area contributed by atoms with Crippen LogP contribution < -0.4 is 28.5 Å². The third kappa shape index (κ3) is 3.22. The zero-order chi connectivity index (χ0) is 12.6. The Kier molecular flexibility index (Phi) is 4.76. The zero-order valence-corrected chi connectivity index (χ0v) is 13.3. The van der Waals surface area contributed by atoms with E-state index in [1.165, 1.54) is 9.47 Å². The number of amides is 1. The molecule has 1 saturated heterocycles. The minimum Gasteiger partial charge on any atom is -1.00 e. The van der Waals surface area contributed by atoms with Gasteiger partial charge >= 0.3 is 6.03 Å². The normalized spacial score (nSPS) is 21.3. The van der Waals surface area contributed by atoms with Crippen molar-refractivity contribution in [1.82, 2.24) is 9.47 Å². The van der Waals surface area contributed by atoms with Gasteiger partial charge in [-0.1, -0.05) is 0 Å². The van der Waals surface area contributed by atoms with Crippen molar-refractivity contribution in [2.75, 3.05) is 18.6 Å². The molecule has 18 heavy (non-hydrogen) atoms. The predicted octanol–water partition coefficient (Wildman–Crippen LogP) is -3.60. The average molecular weight is 385 g/mol. The van der Waals surface area contributed by atoms with Gasteiger partial charge in [-0.3, -0.25) is 0 Å². The van der Waals surface area contributed by atoms with E-state index in [1.54, 1.807) is 30.3 Å². The van der Waals surface area contributed by atoms with Crippen LogP contribution in [0.1, 0.15) is 6.42 Å². The van der Waals surface area contributed by atoms with Crippen LogP contribution in [-0.4, -0.2) is 48.5 Å². The summed E-state index contributed by atoms with van der Waals surface area (Å²) in [7, 11) is 0.511. The van der Waals surface area contributed by atoms with Gasteiger partial charge in [0, 0.05) is 7.05 Å². The van der Waals surface area contributed by atoms with Crippen molar-refractivity contribution in [1.29, 1.82) is 0 Å². The van der Waals surface area contributed by atoms with Crippen molar-refractivity contribution >= 4 is 15.9 Å². The van der Waals surface area contributed by atoms with Crippen LogP contribution in [0.3, 0.4) is 0 Å². The molecule has 1 aliphatic rings. The lowest BCUT2D eigenvalue weighted by atomic mass is 10.2. The maximum Gasteiger partial charge on any atom is 0.415 e. The Morgan fingerprint density at radius 2 is 2.17 bits per heavy atom. The highest BCUT2D eigenvalue weighted by atomic mass is 127. The fourth-order valence-electron chi connectivity index (χ4n) is 1.98. The van der Waals surface area contributed by atoms with Crippen LogP contribution in [0.4, 0.5) is 4.79 Å². The fourth-order valence-corrected chi connectivity index (χ4v) is 3.76. The molecule has 2 heterocycles. The summed E-state index contributed by atoms with van der Waals surface area (Å²) in [6.07, 6.45) is 5.60. The fraction of sp³-hybridized carbons (Fsp3) is 0.600. The lowest BCUT2D eigenvalue weighted by Crippen LogP contribution is -3.00. The minimum atomic E-state index is -2.96. The number of aryl methyl sites for hydroxylation is 1. The molecule has 0 aliphatic carbocycles. The molecule has 1 aromatic heterocycles. The van der Waals surface area contributed by atoms with Crippen LogP contribution in [0.25, 0.3) is 0 Å². The van der Waals surface area contributed by atoms with Crippen LogP contribution in [0.15, 0.2) is 18.7 Å². The number of carbonyl (C=O) groups excluding carboxylic acids is 1. The quantitative estimate of drug-likeness (QED) is 0.371. The molecule has 2 rings (SSSR count). The maximum atomic E-state index is 12.0. The Labute approximate surface area is 124 Å². The lowest BCUT2D eigenvalue weighted by molar-refractivity contribution is -0.670. The highest BCUT2D eigenvalue weighted by Gasteiger charge is 2.34. The minimum absolute atomic E-state index is 0. The van der Waals surface area contributed by atoms with Crippen molar-refractivity contribution in [3.63, 3.8) is 0 Å². The molecule has 1 amide bonds. The summed E-state index contributed by atoms with van der Waals surface area (Å²) in [6.45, 7) is 0. The van der Waals surface area contributed by atoms with E-state index in [1.807, 2.05) is 7.05 Å². The van der Waals surface area contributed by atoms with Crippen LogP contribution in [0, 0.1) is 0 Å². The van der Waals surface area contributed by atoms with E-state index in [0.717, 1.165) is 0 Å². The van der Waals surface area contributed by atoms with E-state index in [9.17, 15) is 13.2 Å². The molecule has 1 aromatic rings. The first kappa shape index (κ1) is 15.4. The number of nitrogens with zero attached hydrogens (tertiary/aromatic N) is 3. The summed E-state index contributed by atoms with van der Waals surface area (Å²) in [5.74, 6) is 0.247. The van der Waals surface area contributed by atoms with E-state index >= 15 is 0 Å². The predicted molar refractivity (Wildman–Crippen MR) is 61.2 cm³/mol. The maximum absolute atomic E-state index is 12.0. The molecule has 0 radical (unpaired) electrons. The summed E-state index contributed by atoms with van der Waals surface area (Å²) < 4.78 is 25.9. The van der Waals surface area contributed by atoms with Gasteiger partial charge in [0.15, 0.2) is 9.84 Å². The van der Waals surface area contributed by atoms with E-state index < -0.39 is 9.84 Å². The molecule has 0 bridgehead atoms. The SMILES string of the molecule is CN(C(=O)n1cc[n+](C)c1)C1CCS(=O)(=O)C1.[I-]. The number of hydrogen-bond donors (Lipinski definition) is 0. The monoisotopic (exact) mass is 385 g/mol. The first-order valence-corrected chi connectivity index (χ1v) is 7.22. The van der Waals surface area contributed by atoms with Gasteiger partial charge in [-0.25, -0.2) is 17.8 Å². The molecule has 1 fully saturated rings. The van der Waals surface area contributed by atoms with Gasteiger partial charge < -0.3 is 28.9 Å². The molecule has 102 valence electrons. The van der Waals surface area contributed by atoms with Gasteiger partial charge in [-0.2, -0.15) is 4.57 Å². The molecule has 0 N–H and O–H groups in total. The van der Waals surface area contributed by atoms with E-state index in [-0.39, 0.29) is 47.6 Å². The third-order valence-electron chi connectivity index (χ3n) is 3.05. The number of hydrogen-bond acceptors (Lipinski definition) is 3. The Balaban J connectivity index is 0.00000162. The van der Waals surface area contributed by atoms with Gasteiger partial charge in [0.1, 0.15) is 12.4 Å². The molecular weight excluding hydrogens is 369 g/mol. The lowest BCUT2D eigenvalue weighted by Gasteiger charge is -2.20. The molecule has 1 unspecified atom stereocenters. The molecule has 0 spiro atoms. The molecular formula is C10H16IN3O3S. The second-order valence-corrected chi connectivity index (χ2v) is 6.67.